The Bertz CT molecular complexity index is 472. The van der Waals surface area contributed by atoms with E-state index in [9.17, 15) is 14.7 Å². The Balaban J connectivity index is 0.00000400. The van der Waals surface area contributed by atoms with Gasteiger partial charge in [0.1, 0.15) is 6.04 Å². The normalized spacial score (nSPS) is 13.7. The Hall–Kier alpha value is -1.59. The van der Waals surface area contributed by atoms with Crippen molar-refractivity contribution in [3.8, 4) is 0 Å². The van der Waals surface area contributed by atoms with Crippen LogP contribution in [0.5, 0.6) is 0 Å². The van der Waals surface area contributed by atoms with E-state index >= 15 is 0 Å². The fourth-order valence-corrected chi connectivity index (χ4v) is 1.90. The van der Waals surface area contributed by atoms with Crippen molar-refractivity contribution in [3.63, 3.8) is 0 Å². The molecule has 118 valence electrons. The lowest BCUT2D eigenvalue weighted by Gasteiger charge is -2.28. The lowest BCUT2D eigenvalue weighted by Crippen LogP contribution is -3.00. The maximum atomic E-state index is 12.1. The van der Waals surface area contributed by atoms with E-state index in [2.05, 4.69) is 11.1 Å². The maximum Gasteiger partial charge on any atom is 0.326 e. The SMILES string of the molecule is CC(C)(C)[C@H](NC(=O)[C@@H]([NH3+])Cc1ccccc1)C(=O)O.[Cl-]. The monoisotopic (exact) mass is 314 g/mol. The Labute approximate surface area is 131 Å². The number of quaternary nitrogens is 1. The zero-order valence-electron chi connectivity index (χ0n) is 12.6. The molecule has 0 heterocycles. The van der Waals surface area contributed by atoms with Crippen LogP contribution in [0, 0.1) is 5.41 Å². The van der Waals surface area contributed by atoms with Gasteiger partial charge in [0, 0.05) is 6.42 Å². The van der Waals surface area contributed by atoms with E-state index in [0.717, 1.165) is 5.56 Å². The van der Waals surface area contributed by atoms with Crippen molar-refractivity contribution in [1.29, 1.82) is 0 Å². The summed E-state index contributed by atoms with van der Waals surface area (Å²) < 4.78 is 0. The first kappa shape index (κ1) is 19.4. The average Bonchev–Trinajstić information content (AvgIpc) is 2.34. The molecule has 0 bridgehead atoms. The fraction of sp³-hybridized carbons (Fsp3) is 0.467. The molecule has 0 spiro atoms. The molecule has 0 aliphatic carbocycles. The quantitative estimate of drug-likeness (QED) is 0.559. The Morgan fingerprint density at radius 3 is 2.19 bits per heavy atom. The summed E-state index contributed by atoms with van der Waals surface area (Å²) >= 11 is 0. The van der Waals surface area contributed by atoms with Crippen LogP contribution >= 0.6 is 0 Å². The van der Waals surface area contributed by atoms with Crippen molar-refractivity contribution in [2.24, 2.45) is 5.41 Å². The summed E-state index contributed by atoms with van der Waals surface area (Å²) in [4.78, 5) is 23.3. The smallest absolute Gasteiger partial charge is 0.326 e. The number of aliphatic carboxylic acids is 1. The molecule has 1 amide bonds. The zero-order chi connectivity index (χ0) is 15.3. The van der Waals surface area contributed by atoms with Crippen molar-refractivity contribution < 1.29 is 32.8 Å². The number of carboxylic acids is 1. The summed E-state index contributed by atoms with van der Waals surface area (Å²) in [5.41, 5.74) is 4.28. The number of rotatable bonds is 5. The van der Waals surface area contributed by atoms with E-state index in [1.54, 1.807) is 20.8 Å². The van der Waals surface area contributed by atoms with Gasteiger partial charge in [-0.3, -0.25) is 4.79 Å². The molecule has 0 saturated carbocycles. The highest BCUT2D eigenvalue weighted by Crippen LogP contribution is 2.19. The standard InChI is InChI=1S/C15H22N2O3.ClH/c1-15(2,3)12(14(19)20)17-13(18)11(16)9-10-7-5-4-6-8-10;/h4-8,11-12H,9,16H2,1-3H3,(H,17,18)(H,19,20);1H/t11-,12+;/m0./s1. The highest BCUT2D eigenvalue weighted by molar-refractivity contribution is 5.86. The Morgan fingerprint density at radius 2 is 1.76 bits per heavy atom. The Morgan fingerprint density at radius 1 is 1.24 bits per heavy atom. The van der Waals surface area contributed by atoms with E-state index in [1.807, 2.05) is 30.3 Å². The second-order valence-corrected chi connectivity index (χ2v) is 6.03. The summed E-state index contributed by atoms with van der Waals surface area (Å²) in [6, 6.07) is 8.11. The van der Waals surface area contributed by atoms with Crippen LogP contribution in [-0.4, -0.2) is 29.1 Å². The topological polar surface area (TPSA) is 94.0 Å². The summed E-state index contributed by atoms with van der Waals surface area (Å²) in [6.07, 6.45) is 0.489. The average molecular weight is 315 g/mol. The third-order valence-electron chi connectivity index (χ3n) is 3.10. The van der Waals surface area contributed by atoms with Crippen LogP contribution in [0.3, 0.4) is 0 Å². The van der Waals surface area contributed by atoms with Crippen molar-refractivity contribution in [3.05, 3.63) is 35.9 Å². The van der Waals surface area contributed by atoms with Gasteiger partial charge in [-0.15, -0.1) is 0 Å². The molecule has 0 unspecified atom stereocenters. The molecule has 1 rings (SSSR count). The number of benzene rings is 1. The molecule has 5 N–H and O–H groups in total. The molecule has 21 heavy (non-hydrogen) atoms. The number of carbonyl (C=O) groups is 2. The minimum atomic E-state index is -1.03. The highest BCUT2D eigenvalue weighted by Gasteiger charge is 2.34. The summed E-state index contributed by atoms with van der Waals surface area (Å²) in [5.74, 6) is -1.37. The van der Waals surface area contributed by atoms with Crippen LogP contribution < -0.4 is 23.5 Å². The molecule has 0 saturated heterocycles. The second kappa shape index (κ2) is 8.00. The number of carboxylic acid groups (broad SMARTS) is 1. The fourth-order valence-electron chi connectivity index (χ4n) is 1.90. The van der Waals surface area contributed by atoms with Gasteiger partial charge in [0.05, 0.1) is 0 Å². The van der Waals surface area contributed by atoms with Gasteiger partial charge >= 0.3 is 5.97 Å². The lowest BCUT2D eigenvalue weighted by atomic mass is 9.86. The molecular formula is C15H23ClN2O3. The molecule has 0 fully saturated rings. The van der Waals surface area contributed by atoms with Crippen molar-refractivity contribution >= 4 is 11.9 Å². The summed E-state index contributed by atoms with van der Waals surface area (Å²) in [7, 11) is 0. The lowest BCUT2D eigenvalue weighted by molar-refractivity contribution is -0.403. The molecule has 1 aromatic carbocycles. The van der Waals surface area contributed by atoms with Crippen LogP contribution in [0.1, 0.15) is 26.3 Å². The van der Waals surface area contributed by atoms with E-state index in [0.29, 0.717) is 6.42 Å². The third kappa shape index (κ3) is 6.14. The van der Waals surface area contributed by atoms with Crippen LogP contribution in [-0.2, 0) is 16.0 Å². The third-order valence-corrected chi connectivity index (χ3v) is 3.10. The van der Waals surface area contributed by atoms with Gasteiger partial charge in [-0.05, 0) is 11.0 Å². The molecule has 2 atom stereocenters. The highest BCUT2D eigenvalue weighted by atomic mass is 35.5. The molecule has 6 heteroatoms. The van der Waals surface area contributed by atoms with Crippen LogP contribution in [0.25, 0.3) is 0 Å². The number of carbonyl (C=O) groups excluding carboxylic acids is 1. The van der Waals surface area contributed by atoms with Gasteiger partial charge in [0.25, 0.3) is 5.91 Å². The second-order valence-electron chi connectivity index (χ2n) is 6.03. The minimum Gasteiger partial charge on any atom is -1.00 e. The van der Waals surface area contributed by atoms with E-state index in [1.165, 1.54) is 0 Å². The number of amides is 1. The zero-order valence-corrected chi connectivity index (χ0v) is 13.4. The maximum absolute atomic E-state index is 12.1. The molecule has 0 radical (unpaired) electrons. The number of halogens is 1. The van der Waals surface area contributed by atoms with Crippen molar-refractivity contribution in [1.82, 2.24) is 5.32 Å². The predicted octanol–water partition coefficient (Wildman–Crippen LogP) is -2.54. The minimum absolute atomic E-state index is 0. The van der Waals surface area contributed by atoms with Crippen LogP contribution in [0.15, 0.2) is 30.3 Å². The van der Waals surface area contributed by atoms with Gasteiger partial charge < -0.3 is 28.6 Å². The Kier molecular flexibility index (Phi) is 7.39. The first-order valence-electron chi connectivity index (χ1n) is 6.62. The van der Waals surface area contributed by atoms with Gasteiger partial charge in [-0.1, -0.05) is 51.1 Å². The molecule has 1 aromatic rings. The largest absolute Gasteiger partial charge is 1.00 e. The number of nitrogens with one attached hydrogen (secondary N) is 1. The molecular weight excluding hydrogens is 292 g/mol. The number of hydrogen-bond donors (Lipinski definition) is 3. The van der Waals surface area contributed by atoms with Crippen LogP contribution in [0.4, 0.5) is 0 Å². The predicted molar refractivity (Wildman–Crippen MR) is 75.8 cm³/mol. The molecule has 5 nitrogen and oxygen atoms in total. The first-order chi connectivity index (χ1) is 9.21. The number of hydrogen-bond acceptors (Lipinski definition) is 2. The van der Waals surface area contributed by atoms with Gasteiger partial charge in [-0.25, -0.2) is 4.79 Å². The van der Waals surface area contributed by atoms with Gasteiger partial charge in [-0.2, -0.15) is 0 Å². The van der Waals surface area contributed by atoms with E-state index in [-0.39, 0.29) is 18.3 Å². The molecule has 0 aromatic heterocycles. The van der Waals surface area contributed by atoms with Crippen molar-refractivity contribution in [2.45, 2.75) is 39.3 Å². The summed E-state index contributed by atoms with van der Waals surface area (Å²) in [6.45, 7) is 5.34. The van der Waals surface area contributed by atoms with E-state index < -0.39 is 23.5 Å². The molecule has 0 aliphatic heterocycles. The van der Waals surface area contributed by atoms with E-state index in [4.69, 9.17) is 0 Å². The van der Waals surface area contributed by atoms with Gasteiger partial charge in [0.2, 0.25) is 0 Å². The molecule has 0 aliphatic rings. The summed E-state index contributed by atoms with van der Waals surface area (Å²) in [5, 5.41) is 11.8. The van der Waals surface area contributed by atoms with Crippen molar-refractivity contribution in [2.75, 3.05) is 0 Å². The first-order valence-corrected chi connectivity index (χ1v) is 6.62. The van der Waals surface area contributed by atoms with Gasteiger partial charge in [0.15, 0.2) is 6.04 Å². The van der Waals surface area contributed by atoms with Crippen LogP contribution in [0.2, 0.25) is 0 Å².